The number of rotatable bonds is 7. The van der Waals surface area contributed by atoms with Gasteiger partial charge in [-0.1, -0.05) is 0 Å². The molecule has 2 aliphatic heterocycles. The van der Waals surface area contributed by atoms with Gasteiger partial charge in [-0.3, -0.25) is 14.4 Å². The molecular formula is C20H29N3O5. The number of nitrogens with two attached hydrogens (primary N) is 1. The number of carboxylic acid groups (broad SMARTS) is 1. The molecule has 3 heterocycles. The Morgan fingerprint density at radius 1 is 1.14 bits per heavy atom. The van der Waals surface area contributed by atoms with Gasteiger partial charge >= 0.3 is 5.97 Å². The van der Waals surface area contributed by atoms with Gasteiger partial charge in [0.1, 0.15) is 0 Å². The van der Waals surface area contributed by atoms with Crippen molar-refractivity contribution in [3.63, 3.8) is 0 Å². The molecule has 0 aliphatic carbocycles. The molecule has 2 unspecified atom stereocenters. The van der Waals surface area contributed by atoms with E-state index in [1.54, 1.807) is 17.0 Å². The number of furan rings is 1. The molecule has 0 bridgehead atoms. The number of amides is 2. The zero-order chi connectivity index (χ0) is 20.1. The Bertz CT molecular complexity index is 682. The molecule has 8 nitrogen and oxygen atoms in total. The Morgan fingerprint density at radius 2 is 1.89 bits per heavy atom. The first-order valence-corrected chi connectivity index (χ1v) is 10.00. The molecule has 154 valence electrons. The van der Waals surface area contributed by atoms with Crippen LogP contribution in [0, 0.1) is 17.8 Å². The molecule has 0 saturated carbocycles. The summed E-state index contributed by atoms with van der Waals surface area (Å²) in [6.45, 7) is 3.61. The van der Waals surface area contributed by atoms with Gasteiger partial charge in [-0.2, -0.15) is 0 Å². The maximum absolute atomic E-state index is 12.6. The number of carbonyl (C=O) groups excluding carboxylic acids is 2. The van der Waals surface area contributed by atoms with Crippen molar-refractivity contribution in [2.75, 3.05) is 32.7 Å². The molecule has 2 aliphatic rings. The number of primary amides is 1. The highest BCUT2D eigenvalue weighted by Crippen LogP contribution is 2.31. The van der Waals surface area contributed by atoms with E-state index in [4.69, 9.17) is 10.2 Å². The molecule has 2 amide bonds. The van der Waals surface area contributed by atoms with Crippen LogP contribution in [0.4, 0.5) is 0 Å². The van der Waals surface area contributed by atoms with Crippen molar-refractivity contribution in [1.29, 1.82) is 0 Å². The number of likely N-dealkylation sites (tertiary alicyclic amines) is 2. The zero-order valence-corrected chi connectivity index (χ0v) is 16.1. The lowest BCUT2D eigenvalue weighted by atomic mass is 9.80. The number of carbonyl (C=O) groups is 3. The van der Waals surface area contributed by atoms with E-state index in [2.05, 4.69) is 4.90 Å². The van der Waals surface area contributed by atoms with Crippen molar-refractivity contribution < 1.29 is 23.9 Å². The van der Waals surface area contributed by atoms with Crippen molar-refractivity contribution in [3.8, 4) is 0 Å². The van der Waals surface area contributed by atoms with Crippen LogP contribution in [-0.2, 0) is 9.59 Å². The summed E-state index contributed by atoms with van der Waals surface area (Å²) in [7, 11) is 0. The SMILES string of the molecule is NC(=O)C1CCN(CCC2CN(C(=O)c3ccco3)CCC2CC(=O)O)CC1. The summed E-state index contributed by atoms with van der Waals surface area (Å²) in [5.74, 6) is -0.648. The Kier molecular flexibility index (Phi) is 6.72. The fourth-order valence-electron chi connectivity index (χ4n) is 4.43. The summed E-state index contributed by atoms with van der Waals surface area (Å²) in [5, 5.41) is 9.26. The van der Waals surface area contributed by atoms with E-state index in [0.717, 1.165) is 38.9 Å². The smallest absolute Gasteiger partial charge is 0.303 e. The summed E-state index contributed by atoms with van der Waals surface area (Å²) in [6, 6.07) is 3.35. The normalized spacial score (nSPS) is 24.2. The molecule has 8 heteroatoms. The minimum atomic E-state index is -0.789. The van der Waals surface area contributed by atoms with Crippen LogP contribution in [0.1, 0.15) is 42.7 Å². The maximum atomic E-state index is 12.6. The summed E-state index contributed by atoms with van der Waals surface area (Å²) >= 11 is 0. The second kappa shape index (κ2) is 9.23. The molecule has 0 aromatic carbocycles. The fourth-order valence-corrected chi connectivity index (χ4v) is 4.43. The Labute approximate surface area is 164 Å². The number of nitrogens with zero attached hydrogens (tertiary/aromatic N) is 2. The van der Waals surface area contributed by atoms with Gasteiger partial charge in [-0.15, -0.1) is 0 Å². The van der Waals surface area contributed by atoms with Gasteiger partial charge in [0.05, 0.1) is 6.26 Å². The molecule has 28 heavy (non-hydrogen) atoms. The minimum absolute atomic E-state index is 0.0351. The fraction of sp³-hybridized carbons (Fsp3) is 0.650. The molecular weight excluding hydrogens is 362 g/mol. The van der Waals surface area contributed by atoms with Crippen molar-refractivity contribution in [3.05, 3.63) is 24.2 Å². The predicted molar refractivity (Wildman–Crippen MR) is 101 cm³/mol. The first-order valence-electron chi connectivity index (χ1n) is 10.00. The molecule has 2 atom stereocenters. The van der Waals surface area contributed by atoms with E-state index in [9.17, 15) is 19.5 Å². The van der Waals surface area contributed by atoms with E-state index in [1.807, 2.05) is 0 Å². The largest absolute Gasteiger partial charge is 0.481 e. The highest BCUT2D eigenvalue weighted by atomic mass is 16.4. The first-order chi connectivity index (χ1) is 13.4. The lowest BCUT2D eigenvalue weighted by Crippen LogP contribution is -2.46. The topological polar surface area (TPSA) is 117 Å². The van der Waals surface area contributed by atoms with Gasteiger partial charge < -0.3 is 25.1 Å². The van der Waals surface area contributed by atoms with Crippen LogP contribution in [0.25, 0.3) is 0 Å². The molecule has 0 radical (unpaired) electrons. The van der Waals surface area contributed by atoms with Gasteiger partial charge in [0.15, 0.2) is 5.76 Å². The molecule has 1 aromatic rings. The van der Waals surface area contributed by atoms with Gasteiger partial charge in [-0.05, 0) is 69.3 Å². The van der Waals surface area contributed by atoms with Gasteiger partial charge in [0, 0.05) is 25.4 Å². The molecule has 1 aromatic heterocycles. The van der Waals surface area contributed by atoms with E-state index in [1.165, 1.54) is 6.26 Å². The summed E-state index contributed by atoms with van der Waals surface area (Å²) < 4.78 is 5.23. The number of aliphatic carboxylic acids is 1. The van der Waals surface area contributed by atoms with Gasteiger partial charge in [0.25, 0.3) is 5.91 Å². The van der Waals surface area contributed by atoms with Crippen LogP contribution in [0.2, 0.25) is 0 Å². The monoisotopic (exact) mass is 391 g/mol. The molecule has 2 saturated heterocycles. The molecule has 2 fully saturated rings. The average Bonchev–Trinajstić information content (AvgIpc) is 3.21. The van der Waals surface area contributed by atoms with Crippen LogP contribution in [0.3, 0.4) is 0 Å². The van der Waals surface area contributed by atoms with Crippen LogP contribution < -0.4 is 5.73 Å². The average molecular weight is 391 g/mol. The number of carboxylic acids is 1. The third kappa shape index (κ3) is 5.13. The van der Waals surface area contributed by atoms with Crippen LogP contribution in [-0.4, -0.2) is 65.4 Å². The number of piperidine rings is 2. The van der Waals surface area contributed by atoms with Gasteiger partial charge in [-0.25, -0.2) is 0 Å². The van der Waals surface area contributed by atoms with E-state index < -0.39 is 5.97 Å². The van der Waals surface area contributed by atoms with Crippen LogP contribution in [0.5, 0.6) is 0 Å². The molecule has 3 N–H and O–H groups in total. The molecule has 0 spiro atoms. The quantitative estimate of drug-likeness (QED) is 0.726. The third-order valence-corrected chi connectivity index (χ3v) is 6.15. The van der Waals surface area contributed by atoms with Crippen molar-refractivity contribution in [1.82, 2.24) is 9.80 Å². The van der Waals surface area contributed by atoms with Crippen LogP contribution in [0.15, 0.2) is 22.8 Å². The Morgan fingerprint density at radius 3 is 2.50 bits per heavy atom. The van der Waals surface area contributed by atoms with Crippen molar-refractivity contribution in [2.45, 2.75) is 32.1 Å². The van der Waals surface area contributed by atoms with Crippen molar-refractivity contribution >= 4 is 17.8 Å². The highest BCUT2D eigenvalue weighted by Gasteiger charge is 2.34. The Hall–Kier alpha value is -2.35. The second-order valence-electron chi connectivity index (χ2n) is 7.94. The number of hydrogen-bond donors (Lipinski definition) is 2. The lowest BCUT2D eigenvalue weighted by molar-refractivity contribution is -0.139. The summed E-state index contributed by atoms with van der Waals surface area (Å²) in [4.78, 5) is 39.3. The summed E-state index contributed by atoms with van der Waals surface area (Å²) in [5.41, 5.74) is 5.39. The van der Waals surface area contributed by atoms with E-state index >= 15 is 0 Å². The zero-order valence-electron chi connectivity index (χ0n) is 16.1. The van der Waals surface area contributed by atoms with Crippen molar-refractivity contribution in [2.24, 2.45) is 23.5 Å². The lowest BCUT2D eigenvalue weighted by Gasteiger charge is -2.39. The Balaban J connectivity index is 1.57. The maximum Gasteiger partial charge on any atom is 0.303 e. The van der Waals surface area contributed by atoms with Crippen LogP contribution >= 0.6 is 0 Å². The standard InChI is InChI=1S/C20H29N3O5/c21-19(26)14-3-7-22(8-4-14)9-5-16-13-23(10-6-15(16)12-18(24)25)20(27)17-2-1-11-28-17/h1-2,11,14-16H,3-10,12-13H2,(H2,21,26)(H,24,25). The second-order valence-corrected chi connectivity index (χ2v) is 7.94. The predicted octanol–water partition coefficient (Wildman–Crippen LogP) is 1.42. The van der Waals surface area contributed by atoms with Gasteiger partial charge in [0.2, 0.25) is 5.91 Å². The highest BCUT2D eigenvalue weighted by molar-refractivity contribution is 5.91. The number of hydrogen-bond acceptors (Lipinski definition) is 5. The minimum Gasteiger partial charge on any atom is -0.481 e. The first kappa shape index (κ1) is 20.4. The summed E-state index contributed by atoms with van der Waals surface area (Å²) in [6.07, 6.45) is 4.70. The third-order valence-electron chi connectivity index (χ3n) is 6.15. The molecule has 3 rings (SSSR count). The van der Waals surface area contributed by atoms with E-state index in [0.29, 0.717) is 25.3 Å². The van der Waals surface area contributed by atoms with E-state index in [-0.39, 0.29) is 36.0 Å².